The SMILES string of the molecule is CO[Si](C)(C)O[Si](CNCNCC(O)COCO[Si](OC)(OC)O[Si](C)(C)O[Si](C)(C)C)(OC)OC. The molecule has 0 radical (unpaired) electrons. The zero-order valence-electron chi connectivity index (χ0n) is 24.1. The summed E-state index contributed by atoms with van der Waals surface area (Å²) in [4.78, 5) is 0. The Kier molecular flexibility index (Phi) is 16.9. The topological polar surface area (TPSA) is 137 Å². The second-order valence-corrected chi connectivity index (χ2v) is 27.1. The molecule has 36 heavy (non-hydrogen) atoms. The molecule has 1 unspecified atom stereocenters. The van der Waals surface area contributed by atoms with Gasteiger partial charge in [0, 0.05) is 48.8 Å². The fourth-order valence-electron chi connectivity index (χ4n) is 3.04. The van der Waals surface area contributed by atoms with Gasteiger partial charge in [0.25, 0.3) is 0 Å². The molecule has 0 saturated heterocycles. The molecule has 0 heterocycles. The molecule has 0 aliphatic rings. The largest absolute Gasteiger partial charge is 0.671 e. The van der Waals surface area contributed by atoms with E-state index in [9.17, 15) is 5.11 Å². The average Bonchev–Trinajstić information content (AvgIpc) is 2.78. The number of hydrogen-bond acceptors (Lipinski definition) is 13. The second-order valence-electron chi connectivity index (χ2n) is 9.77. The van der Waals surface area contributed by atoms with E-state index in [2.05, 4.69) is 30.3 Å². The van der Waals surface area contributed by atoms with Gasteiger partial charge in [0.15, 0.2) is 8.32 Å². The van der Waals surface area contributed by atoms with E-state index in [1.54, 1.807) is 21.3 Å². The minimum Gasteiger partial charge on any atom is -0.437 e. The molecule has 0 fully saturated rings. The molecule has 0 aromatic heterocycles. The molecule has 3 N–H and O–H groups in total. The van der Waals surface area contributed by atoms with Crippen LogP contribution in [0.3, 0.4) is 0 Å². The first-order chi connectivity index (χ1) is 16.5. The summed E-state index contributed by atoms with van der Waals surface area (Å²) in [5.74, 6) is 0. The van der Waals surface area contributed by atoms with Crippen molar-refractivity contribution < 1.29 is 48.7 Å². The minimum absolute atomic E-state index is 0.0443. The third-order valence-electron chi connectivity index (χ3n) is 4.54. The summed E-state index contributed by atoms with van der Waals surface area (Å²) in [7, 11) is -5.41. The van der Waals surface area contributed by atoms with Gasteiger partial charge in [0.1, 0.15) is 6.79 Å². The summed E-state index contributed by atoms with van der Waals surface area (Å²) < 4.78 is 57.1. The van der Waals surface area contributed by atoms with Crippen molar-refractivity contribution in [2.75, 3.05) is 68.3 Å². The van der Waals surface area contributed by atoms with E-state index in [1.807, 2.05) is 26.2 Å². The number of nitrogens with one attached hydrogen (secondary N) is 2. The average molecular weight is 611 g/mol. The molecule has 0 rings (SSSR count). The Balaban J connectivity index is 4.43. The molecule has 218 valence electrons. The van der Waals surface area contributed by atoms with Crippen LogP contribution in [0.2, 0.25) is 45.8 Å². The fraction of sp³-hybridized carbons (Fsp3) is 1.00. The maximum atomic E-state index is 10.2. The van der Waals surface area contributed by atoms with Gasteiger partial charge in [-0.2, -0.15) is 0 Å². The molecular weight excluding hydrogens is 561 g/mol. The molecule has 0 amide bonds. The van der Waals surface area contributed by atoms with Crippen LogP contribution in [0.5, 0.6) is 0 Å². The second kappa shape index (κ2) is 16.6. The van der Waals surface area contributed by atoms with E-state index < -0.39 is 49.4 Å². The first-order valence-electron chi connectivity index (χ1n) is 11.7. The maximum Gasteiger partial charge on any atom is 0.671 e. The third kappa shape index (κ3) is 15.2. The Morgan fingerprint density at radius 1 is 0.694 bits per heavy atom. The van der Waals surface area contributed by atoms with Crippen molar-refractivity contribution in [3.63, 3.8) is 0 Å². The van der Waals surface area contributed by atoms with E-state index in [1.165, 1.54) is 14.2 Å². The predicted molar refractivity (Wildman–Crippen MR) is 147 cm³/mol. The van der Waals surface area contributed by atoms with E-state index in [-0.39, 0.29) is 19.9 Å². The lowest BCUT2D eigenvalue weighted by molar-refractivity contribution is -0.0814. The zero-order valence-corrected chi connectivity index (χ0v) is 29.1. The Bertz CT molecular complexity index is 594. The van der Waals surface area contributed by atoms with Crippen LogP contribution in [0.4, 0.5) is 0 Å². The van der Waals surface area contributed by atoms with Crippen molar-refractivity contribution in [2.24, 2.45) is 0 Å². The van der Waals surface area contributed by atoms with Crippen LogP contribution >= 0.6 is 0 Å². The normalized spacial score (nSPS) is 14.9. The van der Waals surface area contributed by atoms with Crippen LogP contribution in [-0.2, 0) is 43.6 Å². The highest BCUT2D eigenvalue weighted by Crippen LogP contribution is 2.22. The van der Waals surface area contributed by atoms with Crippen molar-refractivity contribution in [1.29, 1.82) is 0 Å². The maximum absolute atomic E-state index is 10.2. The number of rotatable bonds is 22. The molecule has 0 saturated carbocycles. The standard InChI is InChI=1S/C18H50N2O11Si5/c1-22-33(9,10)30-35(23-2,24-3)16-20-15-19-13-18(21)14-27-17-28-36(25-4,26-5)31-34(11,12)29-32(6,7)8/h18-21H,13-17H2,1-12H3. The zero-order chi connectivity index (χ0) is 28.1. The van der Waals surface area contributed by atoms with Crippen LogP contribution in [0.25, 0.3) is 0 Å². The highest BCUT2D eigenvalue weighted by molar-refractivity contribution is 6.84. The summed E-state index contributed by atoms with van der Waals surface area (Å²) in [6.45, 7) is 14.6. The minimum atomic E-state index is -3.44. The fourth-order valence-corrected chi connectivity index (χ4v) is 18.6. The Hall–Kier alpha value is 0.564. The lowest BCUT2D eigenvalue weighted by atomic mass is 10.4. The van der Waals surface area contributed by atoms with Gasteiger partial charge >= 0.3 is 35.0 Å². The summed E-state index contributed by atoms with van der Waals surface area (Å²) in [5, 5.41) is 16.5. The van der Waals surface area contributed by atoms with Gasteiger partial charge in [0.05, 0.1) is 18.9 Å². The van der Waals surface area contributed by atoms with E-state index in [4.69, 9.17) is 43.6 Å². The number of aliphatic hydroxyl groups excluding tert-OH is 1. The van der Waals surface area contributed by atoms with Crippen LogP contribution in [-0.4, -0.2) is 123 Å². The Labute approximate surface area is 222 Å². The van der Waals surface area contributed by atoms with Gasteiger partial charge in [-0.15, -0.1) is 0 Å². The van der Waals surface area contributed by atoms with Crippen molar-refractivity contribution >= 4 is 43.3 Å². The molecule has 0 aromatic rings. The lowest BCUT2D eigenvalue weighted by Gasteiger charge is -2.36. The van der Waals surface area contributed by atoms with Crippen LogP contribution in [0, 0.1) is 0 Å². The van der Waals surface area contributed by atoms with E-state index in [0.717, 1.165) is 0 Å². The first-order valence-corrected chi connectivity index (χ1v) is 24.3. The Morgan fingerprint density at radius 2 is 1.28 bits per heavy atom. The van der Waals surface area contributed by atoms with Crippen molar-refractivity contribution in [3.05, 3.63) is 0 Å². The van der Waals surface area contributed by atoms with Gasteiger partial charge in [-0.1, -0.05) is 0 Å². The monoisotopic (exact) mass is 610 g/mol. The van der Waals surface area contributed by atoms with Gasteiger partial charge in [0.2, 0.25) is 0 Å². The van der Waals surface area contributed by atoms with Crippen molar-refractivity contribution in [1.82, 2.24) is 10.6 Å². The van der Waals surface area contributed by atoms with E-state index in [0.29, 0.717) is 12.8 Å². The lowest BCUT2D eigenvalue weighted by Crippen LogP contribution is -2.59. The number of ether oxygens (including phenoxy) is 1. The number of hydrogen-bond donors (Lipinski definition) is 3. The van der Waals surface area contributed by atoms with Crippen LogP contribution in [0.15, 0.2) is 0 Å². The van der Waals surface area contributed by atoms with Crippen LogP contribution in [0.1, 0.15) is 0 Å². The molecule has 1 atom stereocenters. The molecular formula is C18H50N2O11Si5. The van der Waals surface area contributed by atoms with Crippen molar-refractivity contribution in [2.45, 2.75) is 51.9 Å². The smallest absolute Gasteiger partial charge is 0.437 e. The summed E-state index contributed by atoms with van der Waals surface area (Å²) in [6, 6.07) is 0. The molecule has 0 bridgehead atoms. The highest BCUT2D eigenvalue weighted by Gasteiger charge is 2.51. The molecule has 18 heteroatoms. The van der Waals surface area contributed by atoms with E-state index >= 15 is 0 Å². The quantitative estimate of drug-likeness (QED) is 0.0911. The predicted octanol–water partition coefficient (Wildman–Crippen LogP) is 0.909. The van der Waals surface area contributed by atoms with Gasteiger partial charge in [-0.05, 0) is 45.8 Å². The molecule has 0 aromatic carbocycles. The van der Waals surface area contributed by atoms with Crippen LogP contribution < -0.4 is 10.6 Å². The molecule has 0 spiro atoms. The van der Waals surface area contributed by atoms with Gasteiger partial charge in [-0.3, -0.25) is 0 Å². The van der Waals surface area contributed by atoms with Gasteiger partial charge in [-0.25, -0.2) is 0 Å². The third-order valence-corrected chi connectivity index (χ3v) is 19.5. The highest BCUT2D eigenvalue weighted by atomic mass is 28.5. The molecule has 0 aliphatic carbocycles. The number of aliphatic hydroxyl groups is 1. The van der Waals surface area contributed by atoms with Gasteiger partial charge < -0.3 is 59.4 Å². The Morgan fingerprint density at radius 3 is 1.75 bits per heavy atom. The van der Waals surface area contributed by atoms with Crippen molar-refractivity contribution in [3.8, 4) is 0 Å². The summed E-state index contributed by atoms with van der Waals surface area (Å²) in [5.41, 5.74) is 0. The first kappa shape index (κ1) is 36.6. The summed E-state index contributed by atoms with van der Waals surface area (Å²) in [6.07, 6.45) is -0.379. The molecule has 0 aliphatic heterocycles. The summed E-state index contributed by atoms with van der Waals surface area (Å²) >= 11 is 0. The molecule has 13 nitrogen and oxygen atoms in total.